The Morgan fingerprint density at radius 2 is 1.73 bits per heavy atom. The van der Waals surface area contributed by atoms with Gasteiger partial charge in [-0.2, -0.15) is 13.2 Å². The molecule has 1 fully saturated rings. The number of nitrogens with one attached hydrogen (secondary N) is 2. The fraction of sp³-hybridized carbons (Fsp3) is 0.448. The molecule has 5 nitrogen and oxygen atoms in total. The van der Waals surface area contributed by atoms with Crippen LogP contribution in [0.2, 0.25) is 0 Å². The Morgan fingerprint density at radius 3 is 2.41 bits per heavy atom. The minimum Gasteiger partial charge on any atom is -0.357 e. The first kappa shape index (κ1) is 25.4. The molecule has 2 aliphatic carbocycles. The summed E-state index contributed by atoms with van der Waals surface area (Å²) in [6.07, 6.45) is 0.507. The van der Waals surface area contributed by atoms with Crippen LogP contribution in [0.3, 0.4) is 0 Å². The second-order valence-corrected chi connectivity index (χ2v) is 11.2. The second kappa shape index (κ2) is 9.54. The molecule has 5 rings (SSSR count). The zero-order chi connectivity index (χ0) is 26.4. The SMILES string of the molecule is CC1(C)CC(=O)C2=C(C1)Nc1ccccc1N(CC(=O)NC1CCCC1)C2c1ccc(C(F)(F)F)cc1. The highest BCUT2D eigenvalue weighted by Crippen LogP contribution is 2.48. The van der Waals surface area contributed by atoms with Gasteiger partial charge in [0, 0.05) is 23.7 Å². The number of anilines is 2. The van der Waals surface area contributed by atoms with Gasteiger partial charge in [-0.25, -0.2) is 0 Å². The maximum atomic E-state index is 13.7. The molecule has 0 aromatic heterocycles. The van der Waals surface area contributed by atoms with Gasteiger partial charge in [0.2, 0.25) is 5.91 Å². The number of rotatable bonds is 4. The van der Waals surface area contributed by atoms with E-state index in [1.165, 1.54) is 12.1 Å². The van der Waals surface area contributed by atoms with Gasteiger partial charge in [-0.3, -0.25) is 9.59 Å². The Labute approximate surface area is 215 Å². The van der Waals surface area contributed by atoms with Gasteiger partial charge in [0.15, 0.2) is 5.78 Å². The predicted octanol–water partition coefficient (Wildman–Crippen LogP) is 6.38. The molecule has 1 aliphatic heterocycles. The average Bonchev–Trinajstić information content (AvgIpc) is 3.28. The third kappa shape index (κ3) is 5.24. The van der Waals surface area contributed by atoms with Crippen molar-refractivity contribution in [3.8, 4) is 0 Å². The van der Waals surface area contributed by atoms with Crippen molar-refractivity contribution in [2.75, 3.05) is 16.8 Å². The van der Waals surface area contributed by atoms with Crippen LogP contribution >= 0.6 is 0 Å². The third-order valence-electron chi connectivity index (χ3n) is 7.59. The molecule has 0 spiro atoms. The second-order valence-electron chi connectivity index (χ2n) is 11.2. The summed E-state index contributed by atoms with van der Waals surface area (Å²) in [6.45, 7) is 4.05. The van der Waals surface area contributed by atoms with E-state index in [-0.39, 0.29) is 29.7 Å². The number of alkyl halides is 3. The van der Waals surface area contributed by atoms with Crippen LogP contribution in [0, 0.1) is 5.41 Å². The summed E-state index contributed by atoms with van der Waals surface area (Å²) in [5.74, 6) is -0.219. The summed E-state index contributed by atoms with van der Waals surface area (Å²) in [5, 5.41) is 6.59. The first-order chi connectivity index (χ1) is 17.5. The van der Waals surface area contributed by atoms with E-state index in [1.54, 1.807) is 0 Å². The lowest BCUT2D eigenvalue weighted by atomic mass is 9.73. The minimum atomic E-state index is -4.47. The molecule has 8 heteroatoms. The van der Waals surface area contributed by atoms with Gasteiger partial charge in [0.1, 0.15) is 0 Å². The topological polar surface area (TPSA) is 61.4 Å². The molecular formula is C29H32F3N3O2. The van der Waals surface area contributed by atoms with Crippen LogP contribution < -0.4 is 15.5 Å². The van der Waals surface area contributed by atoms with Crippen molar-refractivity contribution in [3.63, 3.8) is 0 Å². The molecule has 0 bridgehead atoms. The van der Waals surface area contributed by atoms with Crippen molar-refractivity contribution >= 4 is 23.1 Å². The summed E-state index contributed by atoms with van der Waals surface area (Å²) in [5.41, 5.74) is 2.30. The van der Waals surface area contributed by atoms with Crippen LogP contribution in [0.15, 0.2) is 59.8 Å². The fourth-order valence-corrected chi connectivity index (χ4v) is 5.93. The van der Waals surface area contributed by atoms with E-state index in [2.05, 4.69) is 10.6 Å². The minimum absolute atomic E-state index is 0.0195. The Kier molecular flexibility index (Phi) is 6.54. The summed E-state index contributed by atoms with van der Waals surface area (Å²) in [6, 6.07) is 11.9. The van der Waals surface area contributed by atoms with Gasteiger partial charge < -0.3 is 15.5 Å². The number of hydrogen-bond donors (Lipinski definition) is 2. The molecule has 1 saturated carbocycles. The summed E-state index contributed by atoms with van der Waals surface area (Å²) >= 11 is 0. The van der Waals surface area contributed by atoms with Crippen molar-refractivity contribution in [3.05, 3.63) is 70.9 Å². The molecule has 196 valence electrons. The fourth-order valence-electron chi connectivity index (χ4n) is 5.93. The van der Waals surface area contributed by atoms with Gasteiger partial charge in [0.05, 0.1) is 29.5 Å². The zero-order valence-electron chi connectivity index (χ0n) is 21.1. The van der Waals surface area contributed by atoms with Gasteiger partial charge in [-0.1, -0.05) is 51.0 Å². The maximum Gasteiger partial charge on any atom is 0.416 e. The molecule has 0 radical (unpaired) electrons. The number of benzene rings is 2. The molecule has 2 N–H and O–H groups in total. The number of carbonyl (C=O) groups excluding carboxylic acids is 2. The zero-order valence-corrected chi connectivity index (χ0v) is 21.1. The number of fused-ring (bicyclic) bond motifs is 1. The van der Waals surface area contributed by atoms with E-state index in [9.17, 15) is 22.8 Å². The quantitative estimate of drug-likeness (QED) is 0.500. The Balaban J connectivity index is 1.63. The number of amides is 1. The molecule has 1 unspecified atom stereocenters. The number of nitrogens with zero attached hydrogens (tertiary/aromatic N) is 1. The van der Waals surface area contributed by atoms with Crippen molar-refractivity contribution in [2.45, 2.75) is 70.6 Å². The Bertz CT molecular complexity index is 1230. The number of para-hydroxylation sites is 2. The monoisotopic (exact) mass is 511 g/mol. The van der Waals surface area contributed by atoms with Crippen LogP contribution in [0.5, 0.6) is 0 Å². The standard InChI is InChI=1S/C29H32F3N3O2/c1-28(2)15-22-26(24(36)16-28)27(18-11-13-19(14-12-18)29(30,31)32)35(23-10-6-5-9-21(23)34-22)17-25(37)33-20-7-3-4-8-20/h5-6,9-14,20,27,34H,3-4,7-8,15-17H2,1-2H3,(H,33,37). The predicted molar refractivity (Wildman–Crippen MR) is 137 cm³/mol. The molecule has 37 heavy (non-hydrogen) atoms. The highest BCUT2D eigenvalue weighted by atomic mass is 19.4. The van der Waals surface area contributed by atoms with Crippen LogP contribution in [0.1, 0.15) is 69.5 Å². The number of ketones is 1. The molecule has 1 atom stereocenters. The van der Waals surface area contributed by atoms with E-state index in [0.29, 0.717) is 24.0 Å². The number of allylic oxidation sites excluding steroid dienone is 1. The van der Waals surface area contributed by atoms with Crippen molar-refractivity contribution in [2.24, 2.45) is 5.41 Å². The van der Waals surface area contributed by atoms with Crippen molar-refractivity contribution < 1.29 is 22.8 Å². The molecule has 3 aliphatic rings. The lowest BCUT2D eigenvalue weighted by Crippen LogP contribution is -2.44. The number of carbonyl (C=O) groups is 2. The molecular weight excluding hydrogens is 479 g/mol. The van der Waals surface area contributed by atoms with Gasteiger partial charge >= 0.3 is 6.18 Å². The van der Waals surface area contributed by atoms with Crippen LogP contribution in [0.25, 0.3) is 0 Å². The first-order valence-corrected chi connectivity index (χ1v) is 12.9. The molecule has 1 amide bonds. The van der Waals surface area contributed by atoms with Gasteiger partial charge in [-0.05, 0) is 54.5 Å². The van der Waals surface area contributed by atoms with E-state index in [4.69, 9.17) is 0 Å². The van der Waals surface area contributed by atoms with Gasteiger partial charge in [0.25, 0.3) is 0 Å². The van der Waals surface area contributed by atoms with E-state index in [1.807, 2.05) is 43.0 Å². The van der Waals surface area contributed by atoms with Gasteiger partial charge in [-0.15, -0.1) is 0 Å². The van der Waals surface area contributed by atoms with Crippen LogP contribution in [-0.4, -0.2) is 24.3 Å². The first-order valence-electron chi connectivity index (χ1n) is 12.9. The Hall–Kier alpha value is -3.29. The van der Waals surface area contributed by atoms with E-state index >= 15 is 0 Å². The highest BCUT2D eigenvalue weighted by Gasteiger charge is 2.42. The lowest BCUT2D eigenvalue weighted by Gasteiger charge is -2.38. The molecule has 2 aromatic carbocycles. The highest BCUT2D eigenvalue weighted by molar-refractivity contribution is 6.01. The number of halogens is 3. The molecule has 2 aromatic rings. The van der Waals surface area contributed by atoms with Crippen LogP contribution in [0.4, 0.5) is 24.5 Å². The number of hydrogen-bond acceptors (Lipinski definition) is 4. The molecule has 1 heterocycles. The van der Waals surface area contributed by atoms with Crippen LogP contribution in [-0.2, 0) is 15.8 Å². The summed E-state index contributed by atoms with van der Waals surface area (Å²) in [7, 11) is 0. The lowest BCUT2D eigenvalue weighted by molar-refractivity contribution is -0.137. The number of Topliss-reactive ketones (excluding diaryl/α,β-unsaturated/α-hetero) is 1. The smallest absolute Gasteiger partial charge is 0.357 e. The maximum absolute atomic E-state index is 13.7. The third-order valence-corrected chi connectivity index (χ3v) is 7.59. The summed E-state index contributed by atoms with van der Waals surface area (Å²) in [4.78, 5) is 28.8. The normalized spacial score (nSPS) is 21.7. The molecule has 0 saturated heterocycles. The largest absolute Gasteiger partial charge is 0.416 e. The van der Waals surface area contributed by atoms with Crippen molar-refractivity contribution in [1.29, 1.82) is 0 Å². The Morgan fingerprint density at radius 1 is 1.05 bits per heavy atom. The van der Waals surface area contributed by atoms with Crippen molar-refractivity contribution in [1.82, 2.24) is 5.32 Å². The average molecular weight is 512 g/mol. The van der Waals surface area contributed by atoms with E-state index in [0.717, 1.165) is 54.9 Å². The summed E-state index contributed by atoms with van der Waals surface area (Å²) < 4.78 is 40.0. The van der Waals surface area contributed by atoms with E-state index < -0.39 is 17.8 Å².